The Labute approximate surface area is 220 Å². The second-order valence-corrected chi connectivity index (χ2v) is 9.33. The molecule has 2 aliphatic heterocycles. The van der Waals surface area contributed by atoms with Crippen molar-refractivity contribution in [3.8, 4) is 11.5 Å². The summed E-state index contributed by atoms with van der Waals surface area (Å²) in [5, 5.41) is 6.23. The lowest BCUT2D eigenvalue weighted by atomic mass is 9.97. The minimum atomic E-state index is -0.386. The summed E-state index contributed by atoms with van der Waals surface area (Å²) in [5.74, 6) is 0.524. The van der Waals surface area contributed by atoms with Crippen LogP contribution in [0.3, 0.4) is 0 Å². The van der Waals surface area contributed by atoms with Gasteiger partial charge in [-0.25, -0.2) is 13.8 Å². The van der Waals surface area contributed by atoms with Gasteiger partial charge in [0, 0.05) is 44.2 Å². The van der Waals surface area contributed by atoms with Crippen molar-refractivity contribution < 1.29 is 23.0 Å². The summed E-state index contributed by atoms with van der Waals surface area (Å²) in [5.41, 5.74) is 2.85. The molecule has 1 fully saturated rings. The molecule has 2 heterocycles. The molecular formula is C29H30F2N4O3. The van der Waals surface area contributed by atoms with E-state index in [1.165, 1.54) is 23.2 Å². The minimum Gasteiger partial charge on any atom is -0.497 e. The SMILES string of the molecule is COc1ccc(C2CC(c3ccc(F)cc3)=NN2C(=O)CN2CCN(c3ccccc3F)CC2)c(OC)c1. The quantitative estimate of drug-likeness (QED) is 0.460. The zero-order valence-corrected chi connectivity index (χ0v) is 21.4. The van der Waals surface area contributed by atoms with E-state index < -0.39 is 0 Å². The fourth-order valence-electron chi connectivity index (χ4n) is 5.01. The number of anilines is 1. The van der Waals surface area contributed by atoms with Crippen molar-refractivity contribution >= 4 is 17.3 Å². The highest BCUT2D eigenvalue weighted by Crippen LogP contribution is 2.39. The summed E-state index contributed by atoms with van der Waals surface area (Å²) in [6.45, 7) is 2.67. The molecule has 0 saturated carbocycles. The third-order valence-electron chi connectivity index (χ3n) is 7.07. The van der Waals surface area contributed by atoms with Gasteiger partial charge in [0.25, 0.3) is 5.91 Å². The van der Waals surface area contributed by atoms with E-state index in [1.54, 1.807) is 44.6 Å². The molecule has 5 rings (SSSR count). The van der Waals surface area contributed by atoms with E-state index in [2.05, 4.69) is 4.90 Å². The molecular weight excluding hydrogens is 490 g/mol. The number of benzene rings is 3. The molecule has 9 heteroatoms. The van der Waals surface area contributed by atoms with Gasteiger partial charge in [-0.2, -0.15) is 5.10 Å². The maximum atomic E-state index is 14.2. The van der Waals surface area contributed by atoms with Crippen LogP contribution in [0, 0.1) is 11.6 Å². The summed E-state index contributed by atoms with van der Waals surface area (Å²) in [6, 6.07) is 18.0. The Kier molecular flexibility index (Phi) is 7.55. The first-order valence-electron chi connectivity index (χ1n) is 12.6. The molecule has 0 radical (unpaired) electrons. The van der Waals surface area contributed by atoms with Gasteiger partial charge in [-0.3, -0.25) is 9.69 Å². The zero-order chi connectivity index (χ0) is 26.6. The number of halogens is 2. The fourth-order valence-corrected chi connectivity index (χ4v) is 5.01. The molecule has 0 N–H and O–H groups in total. The second kappa shape index (κ2) is 11.2. The number of para-hydroxylation sites is 1. The van der Waals surface area contributed by atoms with Gasteiger partial charge < -0.3 is 14.4 Å². The summed E-state index contributed by atoms with van der Waals surface area (Å²) >= 11 is 0. The van der Waals surface area contributed by atoms with Crippen molar-refractivity contribution in [1.29, 1.82) is 0 Å². The third-order valence-corrected chi connectivity index (χ3v) is 7.07. The van der Waals surface area contributed by atoms with Crippen LogP contribution in [0.15, 0.2) is 71.8 Å². The van der Waals surface area contributed by atoms with E-state index in [4.69, 9.17) is 14.6 Å². The van der Waals surface area contributed by atoms with Crippen LogP contribution in [0.1, 0.15) is 23.6 Å². The van der Waals surface area contributed by atoms with E-state index in [9.17, 15) is 13.6 Å². The molecule has 0 spiro atoms. The standard InChI is InChI=1S/C29H30F2N4O3/c1-37-22-11-12-23(28(17-22)38-2)27-18-25(20-7-9-21(30)10-8-20)32-35(27)29(36)19-33-13-15-34(16-14-33)26-6-4-3-5-24(26)31/h3-12,17,27H,13-16,18-19H2,1-2H3. The number of methoxy groups -OCH3 is 2. The summed E-state index contributed by atoms with van der Waals surface area (Å²) in [7, 11) is 3.16. The van der Waals surface area contributed by atoms with Crippen LogP contribution < -0.4 is 14.4 Å². The van der Waals surface area contributed by atoms with Crippen molar-refractivity contribution in [1.82, 2.24) is 9.91 Å². The second-order valence-electron chi connectivity index (χ2n) is 9.33. The normalized spacial score (nSPS) is 17.9. The van der Waals surface area contributed by atoms with Crippen LogP contribution in [0.5, 0.6) is 11.5 Å². The smallest absolute Gasteiger partial charge is 0.257 e. The molecule has 0 bridgehead atoms. The molecule has 1 atom stereocenters. The minimum absolute atomic E-state index is 0.149. The number of hydrogen-bond donors (Lipinski definition) is 0. The van der Waals surface area contributed by atoms with Crippen molar-refractivity contribution in [2.75, 3.05) is 51.8 Å². The monoisotopic (exact) mass is 520 g/mol. The van der Waals surface area contributed by atoms with Gasteiger partial charge in [0.1, 0.15) is 23.1 Å². The van der Waals surface area contributed by atoms with Crippen LogP contribution in [0.2, 0.25) is 0 Å². The Hall–Kier alpha value is -3.98. The molecule has 3 aromatic carbocycles. The number of hydrazone groups is 1. The predicted molar refractivity (Wildman–Crippen MR) is 142 cm³/mol. The molecule has 0 aromatic heterocycles. The molecule has 3 aromatic rings. The summed E-state index contributed by atoms with van der Waals surface area (Å²) in [4.78, 5) is 17.7. The van der Waals surface area contributed by atoms with E-state index >= 15 is 0 Å². The molecule has 2 aliphatic rings. The lowest BCUT2D eigenvalue weighted by Gasteiger charge is -2.36. The number of amides is 1. The third kappa shape index (κ3) is 5.33. The highest BCUT2D eigenvalue weighted by Gasteiger charge is 2.36. The maximum Gasteiger partial charge on any atom is 0.257 e. The summed E-state index contributed by atoms with van der Waals surface area (Å²) < 4.78 is 38.7. The Balaban J connectivity index is 1.35. The maximum absolute atomic E-state index is 14.2. The van der Waals surface area contributed by atoms with Gasteiger partial charge in [0.2, 0.25) is 0 Å². The van der Waals surface area contributed by atoms with Crippen molar-refractivity contribution in [2.45, 2.75) is 12.5 Å². The number of ether oxygens (including phenoxy) is 2. The first-order chi connectivity index (χ1) is 18.5. The first kappa shape index (κ1) is 25.7. The highest BCUT2D eigenvalue weighted by atomic mass is 19.1. The topological polar surface area (TPSA) is 57.6 Å². The average Bonchev–Trinajstić information content (AvgIpc) is 3.39. The lowest BCUT2D eigenvalue weighted by Crippen LogP contribution is -2.49. The van der Waals surface area contributed by atoms with E-state index in [0.717, 1.165) is 11.1 Å². The van der Waals surface area contributed by atoms with E-state index in [1.807, 2.05) is 23.1 Å². The number of carbonyl (C=O) groups is 1. The molecule has 0 aliphatic carbocycles. The number of piperazine rings is 1. The number of nitrogens with zero attached hydrogens (tertiary/aromatic N) is 4. The number of rotatable bonds is 7. The van der Waals surface area contributed by atoms with Crippen LogP contribution in [0.25, 0.3) is 0 Å². The van der Waals surface area contributed by atoms with E-state index in [0.29, 0.717) is 55.5 Å². The molecule has 198 valence electrons. The van der Waals surface area contributed by atoms with Crippen LogP contribution >= 0.6 is 0 Å². The van der Waals surface area contributed by atoms with Crippen molar-refractivity contribution in [2.24, 2.45) is 5.10 Å². The van der Waals surface area contributed by atoms with Gasteiger partial charge >= 0.3 is 0 Å². The van der Waals surface area contributed by atoms with Gasteiger partial charge in [-0.1, -0.05) is 24.3 Å². The molecule has 38 heavy (non-hydrogen) atoms. The summed E-state index contributed by atoms with van der Waals surface area (Å²) in [6.07, 6.45) is 0.459. The van der Waals surface area contributed by atoms with Crippen molar-refractivity contribution in [3.63, 3.8) is 0 Å². The van der Waals surface area contributed by atoms with Crippen LogP contribution in [-0.2, 0) is 4.79 Å². The Bertz CT molecular complexity index is 1320. The largest absolute Gasteiger partial charge is 0.497 e. The number of hydrogen-bond acceptors (Lipinski definition) is 6. The first-order valence-corrected chi connectivity index (χ1v) is 12.6. The van der Waals surface area contributed by atoms with Crippen molar-refractivity contribution in [3.05, 3.63) is 89.5 Å². The van der Waals surface area contributed by atoms with Gasteiger partial charge in [0.15, 0.2) is 0 Å². The Morgan fingerprint density at radius 2 is 1.68 bits per heavy atom. The Morgan fingerprint density at radius 1 is 0.947 bits per heavy atom. The molecule has 1 unspecified atom stereocenters. The highest BCUT2D eigenvalue weighted by molar-refractivity contribution is 6.03. The Morgan fingerprint density at radius 3 is 2.37 bits per heavy atom. The fraction of sp³-hybridized carbons (Fsp3) is 0.310. The van der Waals surface area contributed by atoms with Crippen LogP contribution in [-0.4, -0.2) is 68.5 Å². The van der Waals surface area contributed by atoms with Crippen LogP contribution in [0.4, 0.5) is 14.5 Å². The molecule has 1 saturated heterocycles. The molecule has 7 nitrogen and oxygen atoms in total. The molecule has 1 amide bonds. The average molecular weight is 521 g/mol. The van der Waals surface area contributed by atoms with E-state index in [-0.39, 0.29) is 30.1 Å². The zero-order valence-electron chi connectivity index (χ0n) is 21.4. The van der Waals surface area contributed by atoms with Gasteiger partial charge in [-0.05, 0) is 42.0 Å². The van der Waals surface area contributed by atoms with Gasteiger partial charge in [-0.15, -0.1) is 0 Å². The lowest BCUT2D eigenvalue weighted by molar-refractivity contribution is -0.134. The predicted octanol–water partition coefficient (Wildman–Crippen LogP) is 4.48. The number of carbonyl (C=O) groups excluding carboxylic acids is 1. The van der Waals surface area contributed by atoms with Gasteiger partial charge in [0.05, 0.1) is 38.2 Å².